The predicted molar refractivity (Wildman–Crippen MR) is 155 cm³/mol. The van der Waals surface area contributed by atoms with Gasteiger partial charge in [-0.1, -0.05) is 0 Å². The van der Waals surface area contributed by atoms with Gasteiger partial charge in [0, 0.05) is 0 Å². The van der Waals surface area contributed by atoms with E-state index in [0.29, 0.717) is 7.35 Å². The number of aryl methyl sites for hydroxylation is 4. The summed E-state index contributed by atoms with van der Waals surface area (Å²) < 4.78 is 1.29. The van der Waals surface area contributed by atoms with Crippen molar-refractivity contribution in [3.63, 3.8) is 0 Å². The molecule has 37 heavy (non-hydrogen) atoms. The van der Waals surface area contributed by atoms with Crippen molar-refractivity contribution in [2.24, 2.45) is 0 Å². The van der Waals surface area contributed by atoms with E-state index in [4.69, 9.17) is 0 Å². The van der Waals surface area contributed by atoms with Gasteiger partial charge in [0.25, 0.3) is 0 Å². The minimum atomic E-state index is -1.16. The summed E-state index contributed by atoms with van der Waals surface area (Å²) in [6.45, 7) is 13.6. The Bertz CT molecular complexity index is 1450. The van der Waals surface area contributed by atoms with E-state index in [-0.39, 0.29) is 0 Å². The molecule has 2 aliphatic carbocycles. The molecule has 0 N–H and O–H groups in total. The van der Waals surface area contributed by atoms with E-state index in [1.165, 1.54) is 55.6 Å². The summed E-state index contributed by atoms with van der Waals surface area (Å²) in [5.41, 5.74) is 20.1. The molecule has 0 heterocycles. The molecule has 0 spiro atoms. The quantitative estimate of drug-likeness (QED) is 0.194. The van der Waals surface area contributed by atoms with Gasteiger partial charge in [0.05, 0.1) is 0 Å². The zero-order valence-corrected chi connectivity index (χ0v) is 26.3. The summed E-state index contributed by atoms with van der Waals surface area (Å²) in [7, 11) is 0. The van der Waals surface area contributed by atoms with E-state index >= 15 is 0 Å². The fourth-order valence-corrected chi connectivity index (χ4v) is 13.3. The fourth-order valence-electron chi connectivity index (χ4n) is 6.48. The van der Waals surface area contributed by atoms with E-state index in [2.05, 4.69) is 126 Å². The zero-order chi connectivity index (χ0) is 25.8. The molecule has 4 aromatic rings. The molecule has 0 saturated carbocycles. The van der Waals surface area contributed by atoms with Gasteiger partial charge < -0.3 is 0 Å². The molecule has 0 amide bonds. The number of benzene rings is 4. The molecule has 0 saturated heterocycles. The Morgan fingerprint density at radius 1 is 0.486 bits per heavy atom. The van der Waals surface area contributed by atoms with Gasteiger partial charge >= 0.3 is 235 Å². The zero-order valence-electron chi connectivity index (χ0n) is 22.7. The van der Waals surface area contributed by atoms with Crippen LogP contribution in [-0.2, 0) is 22.9 Å². The van der Waals surface area contributed by atoms with E-state index in [1.54, 1.807) is 22.3 Å². The van der Waals surface area contributed by atoms with Crippen molar-refractivity contribution in [2.45, 2.75) is 48.9 Å². The number of hydrogen-bond acceptors (Lipinski definition) is 0. The van der Waals surface area contributed by atoms with E-state index in [9.17, 15) is 0 Å². The Morgan fingerprint density at radius 3 is 1.24 bits per heavy atom. The third kappa shape index (κ3) is 4.46. The molecular formula is C36H34Hf. The van der Waals surface area contributed by atoms with Gasteiger partial charge in [-0.3, -0.25) is 0 Å². The predicted octanol–water partition coefficient (Wildman–Crippen LogP) is 9.95. The van der Waals surface area contributed by atoms with Crippen molar-refractivity contribution in [3.8, 4) is 22.3 Å². The van der Waals surface area contributed by atoms with E-state index in [0.717, 1.165) is 0 Å². The van der Waals surface area contributed by atoms with Crippen LogP contribution in [0.1, 0.15) is 65.7 Å². The summed E-state index contributed by atoms with van der Waals surface area (Å²) in [4.78, 5) is 0. The van der Waals surface area contributed by atoms with Crippen molar-refractivity contribution in [1.82, 2.24) is 0 Å². The van der Waals surface area contributed by atoms with E-state index < -0.39 is 22.9 Å². The van der Waals surface area contributed by atoms with Crippen molar-refractivity contribution in [2.75, 3.05) is 0 Å². The van der Waals surface area contributed by atoms with Gasteiger partial charge in [-0.05, 0) is 0 Å². The standard InChI is InChI=1S/2C18H17.Hf/c2*1-12-7-13(2)10-16(9-12)17-6-4-5-15-8-14(3)11-18(15)17;/h2*4-11H,1-3H3;. The second-order valence-electron chi connectivity index (χ2n) is 11.2. The number of rotatable bonds is 4. The van der Waals surface area contributed by atoms with Crippen molar-refractivity contribution in [3.05, 3.63) is 128 Å². The van der Waals surface area contributed by atoms with Crippen LogP contribution < -0.4 is 0 Å². The maximum atomic E-state index is 2.50. The van der Waals surface area contributed by atoms with Gasteiger partial charge in [-0.25, -0.2) is 0 Å². The van der Waals surface area contributed by atoms with Crippen LogP contribution in [0.5, 0.6) is 0 Å². The number of allylic oxidation sites excluding steroid dienone is 2. The normalized spacial score (nSPS) is 17.8. The molecule has 0 aromatic heterocycles. The molecule has 0 aliphatic heterocycles. The SMILES string of the molecule is CC1=Cc2c(-c3cc(C)cc(C)c3)cccc2[CH]1[Hf][CH]1C(C)=Cc2c(-c3cc(C)cc(C)c3)cccc21. The first kappa shape index (κ1) is 24.6. The Hall–Kier alpha value is -2.77. The van der Waals surface area contributed by atoms with Crippen LogP contribution in [0.2, 0.25) is 0 Å². The van der Waals surface area contributed by atoms with Crippen LogP contribution in [-0.4, -0.2) is 0 Å². The molecule has 2 aliphatic rings. The second kappa shape index (κ2) is 9.52. The number of fused-ring (bicyclic) bond motifs is 2. The number of hydrogen-bond donors (Lipinski definition) is 0. The van der Waals surface area contributed by atoms with Crippen LogP contribution >= 0.6 is 0 Å². The average Bonchev–Trinajstić information content (AvgIpc) is 3.33. The van der Waals surface area contributed by atoms with Crippen LogP contribution in [0.25, 0.3) is 34.4 Å². The molecule has 182 valence electrons. The molecule has 0 bridgehead atoms. The van der Waals surface area contributed by atoms with Crippen LogP contribution in [0.15, 0.2) is 83.9 Å². The summed E-state index contributed by atoms with van der Waals surface area (Å²) in [5, 5.41) is 0. The summed E-state index contributed by atoms with van der Waals surface area (Å²) in [5.74, 6) is 0. The summed E-state index contributed by atoms with van der Waals surface area (Å²) in [6.07, 6.45) is 5.00. The molecule has 2 unspecified atom stereocenters. The van der Waals surface area contributed by atoms with Gasteiger partial charge in [0.1, 0.15) is 0 Å². The summed E-state index contributed by atoms with van der Waals surface area (Å²) in [6, 6.07) is 27.9. The molecule has 1 heteroatoms. The van der Waals surface area contributed by atoms with Gasteiger partial charge in [-0.15, -0.1) is 0 Å². The van der Waals surface area contributed by atoms with Gasteiger partial charge in [0.2, 0.25) is 0 Å². The molecule has 0 nitrogen and oxygen atoms in total. The fraction of sp³-hybridized carbons (Fsp3) is 0.222. The molecule has 4 aromatic carbocycles. The van der Waals surface area contributed by atoms with Crippen molar-refractivity contribution in [1.29, 1.82) is 0 Å². The topological polar surface area (TPSA) is 0 Å². The molecule has 6 rings (SSSR count). The molecule has 0 fully saturated rings. The van der Waals surface area contributed by atoms with Gasteiger partial charge in [-0.2, -0.15) is 0 Å². The molecular weight excluding hydrogens is 611 g/mol. The third-order valence-corrected chi connectivity index (χ3v) is 15.9. The van der Waals surface area contributed by atoms with Crippen LogP contribution in [0.4, 0.5) is 0 Å². The van der Waals surface area contributed by atoms with Crippen LogP contribution in [0.3, 0.4) is 0 Å². The monoisotopic (exact) mass is 646 g/mol. The Morgan fingerprint density at radius 2 is 0.865 bits per heavy atom. The minimum absolute atomic E-state index is 0.644. The molecule has 0 radical (unpaired) electrons. The van der Waals surface area contributed by atoms with Gasteiger partial charge in [0.15, 0.2) is 0 Å². The average molecular weight is 645 g/mol. The summed E-state index contributed by atoms with van der Waals surface area (Å²) >= 11 is -1.16. The van der Waals surface area contributed by atoms with E-state index in [1.807, 2.05) is 0 Å². The first-order valence-corrected chi connectivity index (χ1v) is 17.5. The Kier molecular flexibility index (Phi) is 6.32. The van der Waals surface area contributed by atoms with Crippen molar-refractivity contribution >= 4 is 12.2 Å². The second-order valence-corrected chi connectivity index (χ2v) is 16.5. The first-order valence-electron chi connectivity index (χ1n) is 13.3. The Labute approximate surface area is 233 Å². The maximum absolute atomic E-state index is 2.50. The molecule has 2 atom stereocenters. The Balaban J connectivity index is 1.37. The first-order chi connectivity index (χ1) is 17.8. The third-order valence-electron chi connectivity index (χ3n) is 7.96. The van der Waals surface area contributed by atoms with Crippen molar-refractivity contribution < 1.29 is 22.9 Å². The van der Waals surface area contributed by atoms with Crippen LogP contribution in [0, 0.1) is 27.7 Å².